The third kappa shape index (κ3) is 6.90. The lowest BCUT2D eigenvalue weighted by Crippen LogP contribution is -2.18. The summed E-state index contributed by atoms with van der Waals surface area (Å²) < 4.78 is 0. The van der Waals surface area contributed by atoms with Crippen molar-refractivity contribution in [2.45, 2.75) is 26.2 Å². The molecule has 6 nitrogen and oxygen atoms in total. The molecular formula is C27H26N2O4. The summed E-state index contributed by atoms with van der Waals surface area (Å²) in [4.78, 5) is 38.0. The SMILES string of the molecule is C=C(O)CCC(=O)Nc1ccc(NC(=O)Cc2ccc(C)cc2)c(C(=O)c2ccccc2)c1. The second-order valence-corrected chi connectivity index (χ2v) is 7.78. The molecule has 0 unspecified atom stereocenters. The average molecular weight is 443 g/mol. The minimum atomic E-state index is -0.320. The van der Waals surface area contributed by atoms with Crippen LogP contribution in [0.3, 0.4) is 0 Å². The molecule has 0 saturated heterocycles. The van der Waals surface area contributed by atoms with E-state index in [-0.39, 0.29) is 48.2 Å². The van der Waals surface area contributed by atoms with Crippen LogP contribution in [0.1, 0.15) is 39.9 Å². The number of hydrogen-bond acceptors (Lipinski definition) is 4. The van der Waals surface area contributed by atoms with Crippen molar-refractivity contribution in [3.05, 3.63) is 107 Å². The number of nitrogens with one attached hydrogen (secondary N) is 2. The molecule has 0 radical (unpaired) electrons. The van der Waals surface area contributed by atoms with Gasteiger partial charge in [0.15, 0.2) is 5.78 Å². The Morgan fingerprint density at radius 3 is 2.21 bits per heavy atom. The van der Waals surface area contributed by atoms with Crippen molar-refractivity contribution in [3.63, 3.8) is 0 Å². The summed E-state index contributed by atoms with van der Waals surface area (Å²) in [5.41, 5.74) is 3.48. The van der Waals surface area contributed by atoms with Crippen LogP contribution < -0.4 is 10.6 Å². The molecule has 0 saturated carbocycles. The van der Waals surface area contributed by atoms with Gasteiger partial charge in [-0.15, -0.1) is 0 Å². The number of rotatable bonds is 9. The van der Waals surface area contributed by atoms with Crippen LogP contribution in [0, 0.1) is 6.92 Å². The number of allylic oxidation sites excluding steroid dienone is 1. The quantitative estimate of drug-likeness (QED) is 0.314. The number of carbonyl (C=O) groups is 3. The molecule has 168 valence electrons. The van der Waals surface area contributed by atoms with Crippen LogP contribution in [0.25, 0.3) is 0 Å². The topological polar surface area (TPSA) is 95.5 Å². The number of aryl methyl sites for hydroxylation is 1. The molecule has 33 heavy (non-hydrogen) atoms. The first-order chi connectivity index (χ1) is 15.8. The molecule has 0 aromatic heterocycles. The highest BCUT2D eigenvalue weighted by Crippen LogP contribution is 2.24. The molecule has 0 atom stereocenters. The maximum atomic E-state index is 13.2. The summed E-state index contributed by atoms with van der Waals surface area (Å²) in [7, 11) is 0. The molecule has 0 aliphatic heterocycles. The van der Waals surface area contributed by atoms with E-state index in [0.717, 1.165) is 11.1 Å². The van der Waals surface area contributed by atoms with E-state index in [1.165, 1.54) is 0 Å². The minimum absolute atomic E-state index is 0.0618. The zero-order valence-corrected chi connectivity index (χ0v) is 18.4. The first kappa shape index (κ1) is 23.5. The predicted octanol–water partition coefficient (Wildman–Crippen LogP) is 5.20. The molecule has 3 aromatic rings. The molecule has 0 heterocycles. The Balaban J connectivity index is 1.84. The summed E-state index contributed by atoms with van der Waals surface area (Å²) in [6.45, 7) is 5.35. The number of hydrogen-bond donors (Lipinski definition) is 3. The normalized spacial score (nSPS) is 10.3. The van der Waals surface area contributed by atoms with Crippen LogP contribution >= 0.6 is 0 Å². The Hall–Kier alpha value is -4.19. The third-order valence-corrected chi connectivity index (χ3v) is 4.98. The predicted molar refractivity (Wildman–Crippen MR) is 129 cm³/mol. The maximum Gasteiger partial charge on any atom is 0.228 e. The van der Waals surface area contributed by atoms with Crippen molar-refractivity contribution in [2.24, 2.45) is 0 Å². The zero-order chi connectivity index (χ0) is 23.8. The Labute approximate surface area is 193 Å². The van der Waals surface area contributed by atoms with Gasteiger partial charge in [0.1, 0.15) is 0 Å². The number of aliphatic hydroxyl groups excluding tert-OH is 1. The van der Waals surface area contributed by atoms with E-state index >= 15 is 0 Å². The van der Waals surface area contributed by atoms with E-state index in [0.29, 0.717) is 16.9 Å². The van der Waals surface area contributed by atoms with Gasteiger partial charge in [-0.2, -0.15) is 0 Å². The van der Waals surface area contributed by atoms with Gasteiger partial charge in [-0.3, -0.25) is 14.4 Å². The highest BCUT2D eigenvalue weighted by molar-refractivity contribution is 6.14. The fourth-order valence-electron chi connectivity index (χ4n) is 3.23. The molecule has 0 fully saturated rings. The van der Waals surface area contributed by atoms with Crippen LogP contribution in [0.15, 0.2) is 85.1 Å². The number of aliphatic hydroxyl groups is 1. The summed E-state index contributed by atoms with van der Waals surface area (Å²) in [6, 6.07) is 21.2. The second-order valence-electron chi connectivity index (χ2n) is 7.78. The average Bonchev–Trinajstić information content (AvgIpc) is 2.80. The lowest BCUT2D eigenvalue weighted by atomic mass is 10.0. The van der Waals surface area contributed by atoms with Gasteiger partial charge in [0.25, 0.3) is 0 Å². The highest BCUT2D eigenvalue weighted by atomic mass is 16.3. The molecule has 2 amide bonds. The van der Waals surface area contributed by atoms with Crippen LogP contribution in [-0.4, -0.2) is 22.7 Å². The van der Waals surface area contributed by atoms with Crippen molar-refractivity contribution in [1.82, 2.24) is 0 Å². The lowest BCUT2D eigenvalue weighted by Gasteiger charge is -2.14. The first-order valence-electron chi connectivity index (χ1n) is 10.6. The van der Waals surface area contributed by atoms with Crippen LogP contribution in [0.4, 0.5) is 11.4 Å². The van der Waals surface area contributed by atoms with E-state index in [4.69, 9.17) is 0 Å². The van der Waals surface area contributed by atoms with E-state index in [2.05, 4.69) is 17.2 Å². The molecule has 3 aromatic carbocycles. The Kier molecular flexibility index (Phi) is 7.76. The molecule has 6 heteroatoms. The minimum Gasteiger partial charge on any atom is -0.513 e. The van der Waals surface area contributed by atoms with E-state index in [9.17, 15) is 19.5 Å². The molecule has 3 rings (SSSR count). The van der Waals surface area contributed by atoms with Gasteiger partial charge in [0, 0.05) is 29.7 Å². The van der Waals surface area contributed by atoms with Crippen molar-refractivity contribution >= 4 is 29.0 Å². The monoisotopic (exact) mass is 442 g/mol. The van der Waals surface area contributed by atoms with Crippen LogP contribution in [0.2, 0.25) is 0 Å². The highest BCUT2D eigenvalue weighted by Gasteiger charge is 2.17. The smallest absolute Gasteiger partial charge is 0.228 e. The maximum absolute atomic E-state index is 13.2. The fourth-order valence-corrected chi connectivity index (χ4v) is 3.23. The van der Waals surface area contributed by atoms with Gasteiger partial charge in [-0.1, -0.05) is 66.7 Å². The largest absolute Gasteiger partial charge is 0.513 e. The standard InChI is InChI=1S/C27H26N2O4/c1-18-8-11-20(12-9-18)16-26(32)29-24-14-13-22(28-25(31)15-10-19(2)30)17-23(24)27(33)21-6-4-3-5-7-21/h3-9,11-14,17,30H,2,10,15-16H2,1H3,(H,28,31)(H,29,32). The van der Waals surface area contributed by atoms with Gasteiger partial charge in [0.05, 0.1) is 17.9 Å². The van der Waals surface area contributed by atoms with Gasteiger partial charge in [-0.05, 0) is 30.7 Å². The second kappa shape index (κ2) is 10.9. The Bertz CT molecular complexity index is 1170. The summed E-state index contributed by atoms with van der Waals surface area (Å²) in [5, 5.41) is 14.7. The number of amides is 2. The fraction of sp³-hybridized carbons (Fsp3) is 0.148. The summed E-state index contributed by atoms with van der Waals surface area (Å²) >= 11 is 0. The first-order valence-corrected chi connectivity index (χ1v) is 10.6. The van der Waals surface area contributed by atoms with E-state index in [1.54, 1.807) is 42.5 Å². The third-order valence-electron chi connectivity index (χ3n) is 4.98. The molecule has 0 aliphatic carbocycles. The molecular weight excluding hydrogens is 416 g/mol. The molecule has 0 spiro atoms. The number of benzene rings is 3. The van der Waals surface area contributed by atoms with E-state index < -0.39 is 0 Å². The zero-order valence-electron chi connectivity index (χ0n) is 18.4. The van der Waals surface area contributed by atoms with Crippen molar-refractivity contribution in [1.29, 1.82) is 0 Å². The van der Waals surface area contributed by atoms with Gasteiger partial charge < -0.3 is 15.7 Å². The summed E-state index contributed by atoms with van der Waals surface area (Å²) in [6.07, 6.45) is 0.379. The van der Waals surface area contributed by atoms with Crippen LogP contribution in [-0.2, 0) is 16.0 Å². The molecule has 0 aliphatic rings. The Morgan fingerprint density at radius 2 is 1.55 bits per heavy atom. The van der Waals surface area contributed by atoms with Crippen molar-refractivity contribution < 1.29 is 19.5 Å². The van der Waals surface area contributed by atoms with Gasteiger partial charge in [-0.25, -0.2) is 0 Å². The lowest BCUT2D eigenvalue weighted by molar-refractivity contribution is -0.116. The number of anilines is 2. The number of carbonyl (C=O) groups excluding carboxylic acids is 3. The Morgan fingerprint density at radius 1 is 0.848 bits per heavy atom. The van der Waals surface area contributed by atoms with Gasteiger partial charge in [0.2, 0.25) is 11.8 Å². The number of ketones is 1. The van der Waals surface area contributed by atoms with Crippen LogP contribution in [0.5, 0.6) is 0 Å². The van der Waals surface area contributed by atoms with E-state index in [1.807, 2.05) is 37.3 Å². The molecule has 0 bridgehead atoms. The van der Waals surface area contributed by atoms with Crippen molar-refractivity contribution in [2.75, 3.05) is 10.6 Å². The van der Waals surface area contributed by atoms with Crippen molar-refractivity contribution in [3.8, 4) is 0 Å². The van der Waals surface area contributed by atoms with Gasteiger partial charge >= 0.3 is 0 Å². The summed E-state index contributed by atoms with van der Waals surface area (Å²) in [5.74, 6) is -0.920. The molecule has 3 N–H and O–H groups in total.